The fourth-order valence-corrected chi connectivity index (χ4v) is 5.33. The number of carbonyl (C=O) groups is 3. The zero-order chi connectivity index (χ0) is 28.7. The molecule has 212 valence electrons. The number of benzene rings is 2. The first-order chi connectivity index (χ1) is 19.1. The summed E-state index contributed by atoms with van der Waals surface area (Å²) in [5.41, 5.74) is 1.49. The third-order valence-electron chi connectivity index (χ3n) is 5.82. The number of carbonyl (C=O) groups excluding carboxylic acids is 3. The van der Waals surface area contributed by atoms with Crippen molar-refractivity contribution in [3.8, 4) is 0 Å². The Balaban J connectivity index is 1.34. The third-order valence-corrected chi connectivity index (χ3v) is 7.26. The van der Waals surface area contributed by atoms with E-state index >= 15 is 0 Å². The SMILES string of the molecule is CC(C)(C)OC(=O)[C@H](CNC(=O)c1ccc(CCC(=O)NC2=NCCCN2)cc1)Nc1nc2ccc(Br)cc2s1. The van der Waals surface area contributed by atoms with Crippen LogP contribution in [0.1, 0.15) is 49.5 Å². The molecule has 4 rings (SSSR count). The lowest BCUT2D eigenvalue weighted by molar-refractivity contribution is -0.155. The van der Waals surface area contributed by atoms with Crippen LogP contribution in [0.5, 0.6) is 0 Å². The highest BCUT2D eigenvalue weighted by atomic mass is 79.9. The van der Waals surface area contributed by atoms with E-state index in [-0.39, 0.29) is 18.4 Å². The van der Waals surface area contributed by atoms with Gasteiger partial charge in [0.1, 0.15) is 11.6 Å². The number of anilines is 1. The first kappa shape index (κ1) is 29.5. The molecular weight excluding hydrogens is 596 g/mol. The van der Waals surface area contributed by atoms with Crippen molar-refractivity contribution in [3.05, 3.63) is 58.1 Å². The van der Waals surface area contributed by atoms with Gasteiger partial charge in [0.25, 0.3) is 5.91 Å². The maximum atomic E-state index is 13.0. The third kappa shape index (κ3) is 8.75. The fourth-order valence-electron chi connectivity index (χ4n) is 3.86. The summed E-state index contributed by atoms with van der Waals surface area (Å²) in [5, 5.41) is 12.4. The van der Waals surface area contributed by atoms with Crippen molar-refractivity contribution >= 4 is 66.4 Å². The van der Waals surface area contributed by atoms with Crippen LogP contribution in [0, 0.1) is 0 Å². The number of halogens is 1. The summed E-state index contributed by atoms with van der Waals surface area (Å²) in [6.45, 7) is 6.90. The van der Waals surface area contributed by atoms with E-state index in [1.54, 1.807) is 32.9 Å². The van der Waals surface area contributed by atoms with Crippen LogP contribution >= 0.6 is 27.3 Å². The van der Waals surface area contributed by atoms with Crippen LogP contribution in [-0.4, -0.2) is 60.0 Å². The molecule has 1 aliphatic heterocycles. The van der Waals surface area contributed by atoms with Crippen molar-refractivity contribution in [2.45, 2.75) is 51.7 Å². The maximum absolute atomic E-state index is 13.0. The van der Waals surface area contributed by atoms with Crippen molar-refractivity contribution < 1.29 is 19.1 Å². The van der Waals surface area contributed by atoms with Crippen LogP contribution in [0.15, 0.2) is 51.9 Å². The van der Waals surface area contributed by atoms with E-state index in [0.717, 1.165) is 33.2 Å². The van der Waals surface area contributed by atoms with Gasteiger partial charge in [-0.2, -0.15) is 0 Å². The van der Waals surface area contributed by atoms with E-state index in [4.69, 9.17) is 4.74 Å². The number of ether oxygens (including phenoxy) is 1. The summed E-state index contributed by atoms with van der Waals surface area (Å²) < 4.78 is 7.48. The topological polar surface area (TPSA) is 134 Å². The van der Waals surface area contributed by atoms with Gasteiger partial charge < -0.3 is 20.7 Å². The number of nitrogens with one attached hydrogen (secondary N) is 4. The van der Waals surface area contributed by atoms with Crippen molar-refractivity contribution in [3.63, 3.8) is 0 Å². The molecule has 10 nitrogen and oxygen atoms in total. The van der Waals surface area contributed by atoms with Gasteiger partial charge >= 0.3 is 5.97 Å². The van der Waals surface area contributed by atoms with Crippen molar-refractivity contribution in [2.75, 3.05) is 25.0 Å². The van der Waals surface area contributed by atoms with Crippen LogP contribution in [0.3, 0.4) is 0 Å². The van der Waals surface area contributed by atoms with Gasteiger partial charge in [-0.05, 0) is 69.5 Å². The Labute approximate surface area is 245 Å². The first-order valence-corrected chi connectivity index (χ1v) is 14.7. The zero-order valence-corrected chi connectivity index (χ0v) is 25.1. The van der Waals surface area contributed by atoms with E-state index in [1.165, 1.54) is 11.3 Å². The number of esters is 1. The summed E-state index contributed by atoms with van der Waals surface area (Å²) in [6, 6.07) is 12.0. The molecule has 2 heterocycles. The van der Waals surface area contributed by atoms with E-state index in [1.807, 2.05) is 30.3 Å². The molecule has 3 aromatic rings. The molecule has 0 bridgehead atoms. The molecule has 40 heavy (non-hydrogen) atoms. The number of guanidine groups is 1. The lowest BCUT2D eigenvalue weighted by Gasteiger charge is -2.24. The molecule has 12 heteroatoms. The van der Waals surface area contributed by atoms with Crippen molar-refractivity contribution in [1.29, 1.82) is 0 Å². The molecule has 0 aliphatic carbocycles. The summed E-state index contributed by atoms with van der Waals surface area (Å²) in [4.78, 5) is 46.9. The average molecular weight is 630 g/mol. The van der Waals surface area contributed by atoms with Gasteiger partial charge in [-0.1, -0.05) is 39.4 Å². The molecule has 1 aliphatic rings. The van der Waals surface area contributed by atoms with E-state index in [0.29, 0.717) is 36.0 Å². The maximum Gasteiger partial charge on any atom is 0.331 e. The number of hydrogen-bond donors (Lipinski definition) is 4. The smallest absolute Gasteiger partial charge is 0.331 e. The number of nitrogens with zero attached hydrogens (tertiary/aromatic N) is 2. The minimum Gasteiger partial charge on any atom is -0.458 e. The highest BCUT2D eigenvalue weighted by Crippen LogP contribution is 2.29. The van der Waals surface area contributed by atoms with Crippen LogP contribution < -0.4 is 21.3 Å². The number of aryl methyl sites for hydroxylation is 1. The average Bonchev–Trinajstić information content (AvgIpc) is 3.31. The molecule has 4 N–H and O–H groups in total. The molecule has 0 radical (unpaired) electrons. The lowest BCUT2D eigenvalue weighted by Crippen LogP contribution is -2.44. The Bertz CT molecular complexity index is 1400. The molecule has 0 unspecified atom stereocenters. The lowest BCUT2D eigenvalue weighted by atomic mass is 10.1. The van der Waals surface area contributed by atoms with Gasteiger partial charge in [-0.25, -0.2) is 9.78 Å². The molecule has 2 amide bonds. The Hall–Kier alpha value is -3.51. The normalized spacial score (nSPS) is 14.1. The van der Waals surface area contributed by atoms with Crippen molar-refractivity contribution in [2.24, 2.45) is 4.99 Å². The van der Waals surface area contributed by atoms with Crippen LogP contribution in [0.2, 0.25) is 0 Å². The Morgan fingerprint density at radius 1 is 1.15 bits per heavy atom. The van der Waals surface area contributed by atoms with E-state index in [9.17, 15) is 14.4 Å². The van der Waals surface area contributed by atoms with Gasteiger partial charge in [-0.15, -0.1) is 0 Å². The van der Waals surface area contributed by atoms with Crippen LogP contribution in [-0.2, 0) is 20.7 Å². The van der Waals surface area contributed by atoms with Crippen LogP contribution in [0.25, 0.3) is 10.2 Å². The molecule has 0 spiro atoms. The molecule has 1 aromatic heterocycles. The number of rotatable bonds is 9. The van der Waals surface area contributed by atoms with Crippen LogP contribution in [0.4, 0.5) is 5.13 Å². The number of fused-ring (bicyclic) bond motifs is 1. The van der Waals surface area contributed by atoms with E-state index < -0.39 is 17.6 Å². The molecule has 0 saturated carbocycles. The second kappa shape index (κ2) is 13.2. The zero-order valence-electron chi connectivity index (χ0n) is 22.7. The molecule has 0 saturated heterocycles. The summed E-state index contributed by atoms with van der Waals surface area (Å²) in [7, 11) is 0. The Kier molecular flexibility index (Phi) is 9.75. The predicted molar refractivity (Wildman–Crippen MR) is 161 cm³/mol. The van der Waals surface area contributed by atoms with Gasteiger partial charge in [0.15, 0.2) is 11.1 Å². The minimum atomic E-state index is -0.840. The van der Waals surface area contributed by atoms with Gasteiger partial charge in [0, 0.05) is 36.1 Å². The standard InChI is InChI=1S/C28H33BrN6O4S/c1-28(2,3)39-25(38)21(34-27-33-20-11-10-19(29)15-22(20)40-27)16-32-24(37)18-8-5-17(6-9-18)7-12-23(36)35-26-30-13-4-14-31-26/h5-6,8-11,15,21H,4,7,12-14,16H2,1-3H3,(H,32,37)(H,33,34)(H2,30,31,35,36)/t21-/m0/s1. The van der Waals surface area contributed by atoms with E-state index in [2.05, 4.69) is 47.2 Å². The summed E-state index contributed by atoms with van der Waals surface area (Å²) in [5.74, 6) is -0.402. The Morgan fingerprint density at radius 3 is 2.62 bits per heavy atom. The van der Waals surface area contributed by atoms with Gasteiger partial charge in [0.05, 0.1) is 10.2 Å². The number of thiazole rings is 1. The first-order valence-electron chi connectivity index (χ1n) is 13.1. The quantitative estimate of drug-likeness (QED) is 0.263. The highest BCUT2D eigenvalue weighted by molar-refractivity contribution is 9.10. The second-order valence-corrected chi connectivity index (χ2v) is 12.3. The highest BCUT2D eigenvalue weighted by Gasteiger charge is 2.27. The second-order valence-electron chi connectivity index (χ2n) is 10.3. The number of hydrogen-bond acceptors (Lipinski definition) is 9. The molecule has 2 aromatic carbocycles. The summed E-state index contributed by atoms with van der Waals surface area (Å²) in [6.07, 6.45) is 1.79. The number of aliphatic imine (C=N–C) groups is 1. The number of aromatic nitrogens is 1. The van der Waals surface area contributed by atoms with Gasteiger partial charge in [-0.3, -0.25) is 19.9 Å². The molecule has 0 fully saturated rings. The monoisotopic (exact) mass is 628 g/mol. The number of amides is 2. The molecule has 1 atom stereocenters. The fraction of sp³-hybridized carbons (Fsp3) is 0.393. The van der Waals surface area contributed by atoms with Gasteiger partial charge in [0.2, 0.25) is 5.91 Å². The van der Waals surface area contributed by atoms with Crippen molar-refractivity contribution in [1.82, 2.24) is 20.9 Å². The molecular formula is C28H33BrN6O4S. The Morgan fingerprint density at radius 2 is 1.93 bits per heavy atom. The minimum absolute atomic E-state index is 0.00715. The predicted octanol–water partition coefficient (Wildman–Crippen LogP) is 4.01. The summed E-state index contributed by atoms with van der Waals surface area (Å²) >= 11 is 4.87. The largest absolute Gasteiger partial charge is 0.458 e.